The highest BCUT2D eigenvalue weighted by Crippen LogP contribution is 2.22. The van der Waals surface area contributed by atoms with Gasteiger partial charge in [-0.05, 0) is 30.7 Å². The normalized spacial score (nSPS) is 10.8. The smallest absolute Gasteiger partial charge is 0.228 e. The number of nitrogens with two attached hydrogens (primary N) is 1. The quantitative estimate of drug-likeness (QED) is 0.559. The molecule has 0 bridgehead atoms. The van der Waals surface area contributed by atoms with Crippen LogP contribution in [0.5, 0.6) is 0 Å². The number of hydrogen-bond acceptors (Lipinski definition) is 3. The predicted molar refractivity (Wildman–Crippen MR) is 75.2 cm³/mol. The molecule has 3 heteroatoms. The standard InChI is InChI=1S/C16H13NO2/c1-10-6-7-12(8-13(10)17)16(18)15-9-11-4-2-3-5-14(11)19-15/h2-9H,17H2,1H3. The molecule has 0 saturated carbocycles. The van der Waals surface area contributed by atoms with E-state index < -0.39 is 0 Å². The molecule has 0 saturated heterocycles. The van der Waals surface area contributed by atoms with Gasteiger partial charge in [-0.25, -0.2) is 0 Å². The summed E-state index contributed by atoms with van der Waals surface area (Å²) in [6.07, 6.45) is 0. The lowest BCUT2D eigenvalue weighted by atomic mass is 10.1. The summed E-state index contributed by atoms with van der Waals surface area (Å²) in [5.41, 5.74) is 8.66. The maximum atomic E-state index is 12.3. The summed E-state index contributed by atoms with van der Waals surface area (Å²) in [5, 5.41) is 0.922. The van der Waals surface area contributed by atoms with E-state index in [0.29, 0.717) is 22.6 Å². The zero-order chi connectivity index (χ0) is 13.4. The molecule has 0 fully saturated rings. The zero-order valence-corrected chi connectivity index (χ0v) is 10.5. The van der Waals surface area contributed by atoms with Gasteiger partial charge in [-0.15, -0.1) is 0 Å². The number of hydrogen-bond donors (Lipinski definition) is 1. The van der Waals surface area contributed by atoms with Crippen LogP contribution in [0.1, 0.15) is 21.7 Å². The molecule has 19 heavy (non-hydrogen) atoms. The van der Waals surface area contributed by atoms with E-state index in [2.05, 4.69) is 0 Å². The van der Waals surface area contributed by atoms with Gasteiger partial charge < -0.3 is 10.2 Å². The minimum Gasteiger partial charge on any atom is -0.453 e. The minimum atomic E-state index is -0.150. The summed E-state index contributed by atoms with van der Waals surface area (Å²) in [6, 6.07) is 14.6. The number of para-hydroxylation sites is 1. The molecule has 0 spiro atoms. The lowest BCUT2D eigenvalue weighted by Crippen LogP contribution is -2.01. The number of carbonyl (C=O) groups is 1. The highest BCUT2D eigenvalue weighted by atomic mass is 16.3. The lowest BCUT2D eigenvalue weighted by Gasteiger charge is -2.02. The van der Waals surface area contributed by atoms with E-state index in [-0.39, 0.29) is 5.78 Å². The minimum absolute atomic E-state index is 0.150. The van der Waals surface area contributed by atoms with Crippen LogP contribution in [0.25, 0.3) is 11.0 Å². The maximum Gasteiger partial charge on any atom is 0.228 e. The molecular weight excluding hydrogens is 238 g/mol. The largest absolute Gasteiger partial charge is 0.453 e. The number of carbonyl (C=O) groups excluding carboxylic acids is 1. The molecule has 2 aromatic carbocycles. The second-order valence-electron chi connectivity index (χ2n) is 4.55. The number of benzene rings is 2. The number of fused-ring (bicyclic) bond motifs is 1. The van der Waals surface area contributed by atoms with Crippen molar-refractivity contribution in [1.29, 1.82) is 0 Å². The fraction of sp³-hybridized carbons (Fsp3) is 0.0625. The summed E-state index contributed by atoms with van der Waals surface area (Å²) >= 11 is 0. The van der Waals surface area contributed by atoms with Crippen LogP contribution in [0.15, 0.2) is 52.9 Å². The molecule has 0 radical (unpaired) electrons. The summed E-state index contributed by atoms with van der Waals surface area (Å²) in [6.45, 7) is 1.91. The first-order valence-corrected chi connectivity index (χ1v) is 6.04. The van der Waals surface area contributed by atoms with Crippen LogP contribution in [-0.2, 0) is 0 Å². The fourth-order valence-electron chi connectivity index (χ4n) is 2.02. The van der Waals surface area contributed by atoms with Crippen molar-refractivity contribution >= 4 is 22.4 Å². The third-order valence-electron chi connectivity index (χ3n) is 3.19. The molecule has 2 N–H and O–H groups in total. The van der Waals surface area contributed by atoms with Crippen molar-refractivity contribution in [3.05, 3.63) is 65.4 Å². The molecule has 0 aliphatic carbocycles. The number of nitrogen functional groups attached to an aromatic ring is 1. The summed E-state index contributed by atoms with van der Waals surface area (Å²) in [7, 11) is 0. The van der Waals surface area contributed by atoms with E-state index in [1.807, 2.05) is 37.3 Å². The van der Waals surface area contributed by atoms with Gasteiger partial charge in [-0.1, -0.05) is 30.3 Å². The zero-order valence-electron chi connectivity index (χ0n) is 10.5. The Kier molecular flexibility index (Phi) is 2.60. The lowest BCUT2D eigenvalue weighted by molar-refractivity contribution is 0.101. The third-order valence-corrected chi connectivity index (χ3v) is 3.19. The fourth-order valence-corrected chi connectivity index (χ4v) is 2.02. The molecule has 0 atom stereocenters. The summed E-state index contributed by atoms with van der Waals surface area (Å²) in [5.74, 6) is 0.187. The van der Waals surface area contributed by atoms with Crippen LogP contribution in [0.3, 0.4) is 0 Å². The van der Waals surface area contributed by atoms with Crippen molar-refractivity contribution in [2.75, 3.05) is 5.73 Å². The highest BCUT2D eigenvalue weighted by Gasteiger charge is 2.14. The van der Waals surface area contributed by atoms with Gasteiger partial charge in [0.2, 0.25) is 5.78 Å². The van der Waals surface area contributed by atoms with Crippen molar-refractivity contribution in [1.82, 2.24) is 0 Å². The van der Waals surface area contributed by atoms with Gasteiger partial charge in [0.25, 0.3) is 0 Å². The van der Waals surface area contributed by atoms with E-state index in [4.69, 9.17) is 10.2 Å². The molecule has 3 nitrogen and oxygen atoms in total. The van der Waals surface area contributed by atoms with E-state index >= 15 is 0 Å². The number of anilines is 1. The molecule has 3 rings (SSSR count). The number of furan rings is 1. The second-order valence-corrected chi connectivity index (χ2v) is 4.55. The SMILES string of the molecule is Cc1ccc(C(=O)c2cc3ccccc3o2)cc1N. The molecule has 94 valence electrons. The van der Waals surface area contributed by atoms with Gasteiger partial charge >= 0.3 is 0 Å². The summed E-state index contributed by atoms with van der Waals surface area (Å²) < 4.78 is 5.56. The number of aryl methyl sites for hydroxylation is 1. The monoisotopic (exact) mass is 251 g/mol. The molecule has 0 amide bonds. The molecule has 3 aromatic rings. The average molecular weight is 251 g/mol. The van der Waals surface area contributed by atoms with E-state index in [1.54, 1.807) is 18.2 Å². The Morgan fingerprint density at radius 3 is 2.63 bits per heavy atom. The number of rotatable bonds is 2. The second kappa shape index (κ2) is 4.28. The molecular formula is C16H13NO2. The van der Waals surface area contributed by atoms with Crippen molar-refractivity contribution in [2.45, 2.75) is 6.92 Å². The van der Waals surface area contributed by atoms with Crippen LogP contribution in [-0.4, -0.2) is 5.78 Å². The van der Waals surface area contributed by atoms with Gasteiger partial charge in [-0.3, -0.25) is 4.79 Å². The molecule has 0 aliphatic rings. The van der Waals surface area contributed by atoms with Crippen LogP contribution in [0, 0.1) is 6.92 Å². The first-order chi connectivity index (χ1) is 9.15. The first kappa shape index (κ1) is 11.5. The van der Waals surface area contributed by atoms with Crippen LogP contribution in [0.4, 0.5) is 5.69 Å². The van der Waals surface area contributed by atoms with Gasteiger partial charge in [0.05, 0.1) is 0 Å². The molecule has 1 heterocycles. The Morgan fingerprint density at radius 1 is 1.11 bits per heavy atom. The predicted octanol–water partition coefficient (Wildman–Crippen LogP) is 3.55. The maximum absolute atomic E-state index is 12.3. The molecule has 0 aliphatic heterocycles. The topological polar surface area (TPSA) is 56.2 Å². The Bertz CT molecular complexity index is 738. The first-order valence-electron chi connectivity index (χ1n) is 6.04. The van der Waals surface area contributed by atoms with Gasteiger partial charge in [0.1, 0.15) is 5.58 Å². The van der Waals surface area contributed by atoms with Gasteiger partial charge in [0.15, 0.2) is 5.76 Å². The Labute approximate surface area is 110 Å². The Morgan fingerprint density at radius 2 is 1.89 bits per heavy atom. The Balaban J connectivity index is 2.05. The van der Waals surface area contributed by atoms with Crippen LogP contribution in [0.2, 0.25) is 0 Å². The van der Waals surface area contributed by atoms with E-state index in [9.17, 15) is 4.79 Å². The van der Waals surface area contributed by atoms with Crippen LogP contribution < -0.4 is 5.73 Å². The highest BCUT2D eigenvalue weighted by molar-refractivity contribution is 6.09. The van der Waals surface area contributed by atoms with Crippen molar-refractivity contribution in [3.63, 3.8) is 0 Å². The van der Waals surface area contributed by atoms with Gasteiger partial charge in [0, 0.05) is 16.6 Å². The van der Waals surface area contributed by atoms with Crippen molar-refractivity contribution in [2.24, 2.45) is 0 Å². The van der Waals surface area contributed by atoms with Gasteiger partial charge in [-0.2, -0.15) is 0 Å². The number of ketones is 1. The Hall–Kier alpha value is -2.55. The van der Waals surface area contributed by atoms with E-state index in [1.165, 1.54) is 0 Å². The van der Waals surface area contributed by atoms with Crippen molar-refractivity contribution < 1.29 is 9.21 Å². The average Bonchev–Trinajstić information content (AvgIpc) is 2.85. The van der Waals surface area contributed by atoms with Crippen LogP contribution >= 0.6 is 0 Å². The third kappa shape index (κ3) is 1.99. The molecule has 1 aromatic heterocycles. The summed E-state index contributed by atoms with van der Waals surface area (Å²) in [4.78, 5) is 12.3. The van der Waals surface area contributed by atoms with Crippen molar-refractivity contribution in [3.8, 4) is 0 Å². The van der Waals surface area contributed by atoms with E-state index in [0.717, 1.165) is 10.9 Å². The molecule has 0 unspecified atom stereocenters.